The Balaban J connectivity index is 1.52. The summed E-state index contributed by atoms with van der Waals surface area (Å²) in [5.41, 5.74) is 2.11. The number of nitrogens with zero attached hydrogens (tertiary/aromatic N) is 2. The molecule has 0 saturated carbocycles. The molecule has 2 atom stereocenters. The predicted molar refractivity (Wildman–Crippen MR) is 113 cm³/mol. The molecule has 9 nitrogen and oxygen atoms in total. The van der Waals surface area contributed by atoms with Crippen molar-refractivity contribution in [1.82, 2.24) is 19.8 Å². The Bertz CT molecular complexity index is 1080. The van der Waals surface area contributed by atoms with Crippen LogP contribution in [0.3, 0.4) is 0 Å². The monoisotopic (exact) mass is 448 g/mol. The quantitative estimate of drug-likeness (QED) is 0.696. The van der Waals surface area contributed by atoms with E-state index in [1.165, 1.54) is 12.1 Å². The highest BCUT2D eigenvalue weighted by atomic mass is 32.2. The van der Waals surface area contributed by atoms with Crippen molar-refractivity contribution in [1.29, 1.82) is 0 Å². The van der Waals surface area contributed by atoms with Gasteiger partial charge in [-0.25, -0.2) is 8.42 Å². The molecule has 1 aliphatic carbocycles. The Kier molecular flexibility index (Phi) is 5.94. The molecule has 1 amide bonds. The van der Waals surface area contributed by atoms with Gasteiger partial charge in [0.2, 0.25) is 15.9 Å². The van der Waals surface area contributed by atoms with Gasteiger partial charge in [0.05, 0.1) is 17.1 Å². The van der Waals surface area contributed by atoms with Crippen LogP contribution < -0.4 is 19.5 Å². The van der Waals surface area contributed by atoms with Gasteiger partial charge in [-0.1, -0.05) is 13.8 Å². The summed E-state index contributed by atoms with van der Waals surface area (Å²) in [6.45, 7) is 4.41. The van der Waals surface area contributed by atoms with E-state index in [9.17, 15) is 13.2 Å². The van der Waals surface area contributed by atoms with Gasteiger partial charge in [-0.05, 0) is 37.3 Å². The Morgan fingerprint density at radius 2 is 1.97 bits per heavy atom. The molecule has 0 spiro atoms. The summed E-state index contributed by atoms with van der Waals surface area (Å²) in [6.07, 6.45) is 4.43. The van der Waals surface area contributed by atoms with Crippen LogP contribution in [0.4, 0.5) is 0 Å². The minimum Gasteiger partial charge on any atom is -0.486 e. The van der Waals surface area contributed by atoms with E-state index in [1.54, 1.807) is 12.3 Å². The number of rotatable bonds is 6. The van der Waals surface area contributed by atoms with Gasteiger partial charge >= 0.3 is 0 Å². The molecule has 1 aromatic carbocycles. The molecule has 2 unspecified atom stereocenters. The standard InChI is InChI=1S/C21H28N4O5S/c1-13(2)20(21(26)23-16-5-4-6-17-15(16)12-22-25(17)3)24-31(27,28)14-7-8-18-19(11-14)30-10-9-29-18/h7-8,11-13,16,20,24H,4-6,9-10H2,1-3H3,(H,23,26). The summed E-state index contributed by atoms with van der Waals surface area (Å²) in [4.78, 5) is 13.1. The van der Waals surface area contributed by atoms with Crippen molar-refractivity contribution < 1.29 is 22.7 Å². The second-order valence-corrected chi connectivity index (χ2v) is 9.99. The summed E-state index contributed by atoms with van der Waals surface area (Å²) in [5, 5.41) is 7.33. The number of sulfonamides is 1. The zero-order valence-electron chi connectivity index (χ0n) is 17.9. The van der Waals surface area contributed by atoms with Crippen molar-refractivity contribution in [2.24, 2.45) is 13.0 Å². The lowest BCUT2D eigenvalue weighted by atomic mass is 9.92. The average Bonchev–Trinajstić information content (AvgIpc) is 3.13. The van der Waals surface area contributed by atoms with Crippen LogP contribution in [0.5, 0.6) is 11.5 Å². The fourth-order valence-corrected chi connectivity index (χ4v) is 5.39. The number of aromatic nitrogens is 2. The first kappa shape index (κ1) is 21.6. The molecule has 2 N–H and O–H groups in total. The number of amides is 1. The van der Waals surface area contributed by atoms with Crippen LogP contribution in [-0.4, -0.2) is 43.4 Å². The molecule has 2 aliphatic rings. The van der Waals surface area contributed by atoms with Gasteiger partial charge in [0.25, 0.3) is 0 Å². The summed E-state index contributed by atoms with van der Waals surface area (Å²) >= 11 is 0. The predicted octanol–water partition coefficient (Wildman–Crippen LogP) is 1.69. The molecule has 2 heterocycles. The highest BCUT2D eigenvalue weighted by Gasteiger charge is 2.32. The average molecular weight is 449 g/mol. The molecule has 4 rings (SSSR count). The Hall–Kier alpha value is -2.59. The normalized spacial score (nSPS) is 19.0. The number of fused-ring (bicyclic) bond motifs is 2. The highest BCUT2D eigenvalue weighted by Crippen LogP contribution is 2.32. The number of aryl methyl sites for hydroxylation is 1. The number of nitrogens with one attached hydrogen (secondary N) is 2. The fourth-order valence-electron chi connectivity index (χ4n) is 4.04. The number of carbonyl (C=O) groups excluding carboxylic acids is 1. The van der Waals surface area contributed by atoms with Crippen molar-refractivity contribution in [2.45, 2.75) is 50.1 Å². The van der Waals surface area contributed by atoms with E-state index in [2.05, 4.69) is 15.1 Å². The number of hydrogen-bond acceptors (Lipinski definition) is 6. The first-order chi connectivity index (χ1) is 14.8. The molecule has 168 valence electrons. The van der Waals surface area contributed by atoms with E-state index in [-0.39, 0.29) is 22.8 Å². The topological polar surface area (TPSA) is 112 Å². The van der Waals surface area contributed by atoms with Gasteiger partial charge in [0, 0.05) is 24.4 Å². The van der Waals surface area contributed by atoms with E-state index in [1.807, 2.05) is 25.6 Å². The maximum absolute atomic E-state index is 13.1. The zero-order chi connectivity index (χ0) is 22.2. The summed E-state index contributed by atoms with van der Waals surface area (Å²) in [5.74, 6) is 0.292. The molecule has 0 saturated heterocycles. The van der Waals surface area contributed by atoms with Crippen LogP contribution in [0.15, 0.2) is 29.3 Å². The molecule has 0 radical (unpaired) electrons. The van der Waals surface area contributed by atoms with Gasteiger partial charge in [0.1, 0.15) is 19.3 Å². The van der Waals surface area contributed by atoms with Crippen molar-refractivity contribution in [3.05, 3.63) is 35.7 Å². The molecule has 0 fully saturated rings. The van der Waals surface area contributed by atoms with Crippen LogP contribution in [0.2, 0.25) is 0 Å². The van der Waals surface area contributed by atoms with Crippen molar-refractivity contribution in [3.8, 4) is 11.5 Å². The Morgan fingerprint density at radius 3 is 2.71 bits per heavy atom. The SMILES string of the molecule is CC(C)C(NS(=O)(=O)c1ccc2c(c1)OCCO2)C(=O)NC1CCCc2c1cnn2C. The van der Waals surface area contributed by atoms with E-state index in [0.29, 0.717) is 24.7 Å². The second-order valence-electron chi connectivity index (χ2n) is 8.27. The second kappa shape index (κ2) is 8.51. The van der Waals surface area contributed by atoms with Gasteiger partial charge in [-0.2, -0.15) is 9.82 Å². The molecule has 10 heteroatoms. The molecule has 31 heavy (non-hydrogen) atoms. The number of hydrogen-bond donors (Lipinski definition) is 2. The smallest absolute Gasteiger partial charge is 0.241 e. The number of ether oxygens (including phenoxy) is 2. The van der Waals surface area contributed by atoms with Gasteiger partial charge in [-0.3, -0.25) is 9.48 Å². The number of carbonyl (C=O) groups is 1. The molecule has 0 bridgehead atoms. The third kappa shape index (κ3) is 4.40. The van der Waals surface area contributed by atoms with Crippen molar-refractivity contribution in [2.75, 3.05) is 13.2 Å². The van der Waals surface area contributed by atoms with E-state index in [0.717, 1.165) is 30.5 Å². The first-order valence-electron chi connectivity index (χ1n) is 10.5. The molecule has 1 aliphatic heterocycles. The largest absolute Gasteiger partial charge is 0.486 e. The minimum atomic E-state index is -3.94. The van der Waals surface area contributed by atoms with E-state index in [4.69, 9.17) is 9.47 Å². The van der Waals surface area contributed by atoms with E-state index < -0.39 is 16.1 Å². The molecular formula is C21H28N4O5S. The maximum Gasteiger partial charge on any atom is 0.241 e. The molecule has 1 aromatic heterocycles. The van der Waals surface area contributed by atoms with Crippen LogP contribution >= 0.6 is 0 Å². The lowest BCUT2D eigenvalue weighted by Gasteiger charge is -2.28. The van der Waals surface area contributed by atoms with Crippen molar-refractivity contribution >= 4 is 15.9 Å². The van der Waals surface area contributed by atoms with Crippen LogP contribution in [-0.2, 0) is 28.3 Å². The number of benzene rings is 1. The Labute approximate surface area is 182 Å². The molecule has 2 aromatic rings. The lowest BCUT2D eigenvalue weighted by molar-refractivity contribution is -0.124. The summed E-state index contributed by atoms with van der Waals surface area (Å²) in [7, 11) is -2.05. The maximum atomic E-state index is 13.1. The molecular weight excluding hydrogens is 420 g/mol. The summed E-state index contributed by atoms with van der Waals surface area (Å²) in [6, 6.07) is 3.35. The first-order valence-corrected chi connectivity index (χ1v) is 12.0. The van der Waals surface area contributed by atoms with Crippen LogP contribution in [0.25, 0.3) is 0 Å². The zero-order valence-corrected chi connectivity index (χ0v) is 18.7. The Morgan fingerprint density at radius 1 is 1.23 bits per heavy atom. The summed E-state index contributed by atoms with van der Waals surface area (Å²) < 4.78 is 41.4. The third-order valence-corrected chi connectivity index (χ3v) is 7.19. The van der Waals surface area contributed by atoms with Crippen LogP contribution in [0.1, 0.15) is 44.0 Å². The highest BCUT2D eigenvalue weighted by molar-refractivity contribution is 7.89. The fraction of sp³-hybridized carbons (Fsp3) is 0.524. The van der Waals surface area contributed by atoms with Gasteiger partial charge in [-0.15, -0.1) is 0 Å². The van der Waals surface area contributed by atoms with Gasteiger partial charge in [0.15, 0.2) is 11.5 Å². The lowest BCUT2D eigenvalue weighted by Crippen LogP contribution is -2.50. The van der Waals surface area contributed by atoms with Gasteiger partial charge < -0.3 is 14.8 Å². The minimum absolute atomic E-state index is 0.0300. The van der Waals surface area contributed by atoms with E-state index >= 15 is 0 Å². The van der Waals surface area contributed by atoms with Crippen molar-refractivity contribution in [3.63, 3.8) is 0 Å². The third-order valence-electron chi connectivity index (χ3n) is 5.75. The van der Waals surface area contributed by atoms with Crippen LogP contribution in [0, 0.1) is 5.92 Å².